The number of fused-ring (bicyclic) bond motifs is 1. The number of amides is 1. The number of hydrogen-bond donors (Lipinski definition) is 1. The van der Waals surface area contributed by atoms with Crippen molar-refractivity contribution in [2.45, 2.75) is 25.6 Å². The van der Waals surface area contributed by atoms with Crippen molar-refractivity contribution < 1.29 is 18.0 Å². The van der Waals surface area contributed by atoms with Gasteiger partial charge in [-0.3, -0.25) is 9.63 Å². The highest BCUT2D eigenvalue weighted by Gasteiger charge is 2.36. The van der Waals surface area contributed by atoms with Crippen LogP contribution in [0.5, 0.6) is 0 Å². The largest absolute Gasteiger partial charge is 0.271 e. The lowest BCUT2D eigenvalue weighted by atomic mass is 9.95. The van der Waals surface area contributed by atoms with E-state index in [2.05, 4.69) is 5.48 Å². The van der Waals surface area contributed by atoms with E-state index in [1.807, 2.05) is 54.6 Å². The lowest BCUT2D eigenvalue weighted by Crippen LogP contribution is -2.52. The Morgan fingerprint density at radius 1 is 1.12 bits per heavy atom. The van der Waals surface area contributed by atoms with E-state index in [1.54, 1.807) is 0 Å². The highest BCUT2D eigenvalue weighted by molar-refractivity contribution is 7.88. The van der Waals surface area contributed by atoms with E-state index in [1.165, 1.54) is 4.31 Å². The van der Waals surface area contributed by atoms with Crippen molar-refractivity contribution in [2.75, 3.05) is 6.26 Å². The maximum atomic E-state index is 12.5. The number of nitrogens with zero attached hydrogens (tertiary/aromatic N) is 1. The summed E-state index contributed by atoms with van der Waals surface area (Å²) in [6.07, 6.45) is 1.44. The van der Waals surface area contributed by atoms with Crippen LogP contribution in [0.4, 0.5) is 0 Å². The summed E-state index contributed by atoms with van der Waals surface area (Å²) in [5, 5.41) is 0. The van der Waals surface area contributed by atoms with Gasteiger partial charge in [-0.1, -0.05) is 54.6 Å². The lowest BCUT2D eigenvalue weighted by molar-refractivity contribution is -0.139. The third-order valence-corrected chi connectivity index (χ3v) is 5.42. The van der Waals surface area contributed by atoms with E-state index >= 15 is 0 Å². The van der Waals surface area contributed by atoms with Crippen LogP contribution < -0.4 is 5.48 Å². The minimum atomic E-state index is -3.52. The van der Waals surface area contributed by atoms with Crippen molar-refractivity contribution in [3.63, 3.8) is 0 Å². The molecular formula is C18H20N2O4S. The van der Waals surface area contributed by atoms with Gasteiger partial charge in [-0.05, 0) is 23.1 Å². The number of hydroxylamine groups is 1. The number of sulfonamides is 1. The van der Waals surface area contributed by atoms with Gasteiger partial charge >= 0.3 is 0 Å². The molecule has 1 amide bonds. The van der Waals surface area contributed by atoms with Crippen molar-refractivity contribution in [1.29, 1.82) is 0 Å². The van der Waals surface area contributed by atoms with Crippen LogP contribution in [-0.2, 0) is 39.2 Å². The Morgan fingerprint density at radius 2 is 1.76 bits per heavy atom. The zero-order chi connectivity index (χ0) is 17.9. The van der Waals surface area contributed by atoms with Gasteiger partial charge in [0.05, 0.1) is 12.9 Å². The first-order valence-corrected chi connectivity index (χ1v) is 9.79. The molecule has 1 aliphatic rings. The van der Waals surface area contributed by atoms with Gasteiger partial charge in [0.1, 0.15) is 6.04 Å². The SMILES string of the molecule is CS(=O)(=O)N1Cc2ccccc2C[C@@H]1C(=O)NOCc1ccccc1. The Morgan fingerprint density at radius 3 is 2.44 bits per heavy atom. The number of carbonyl (C=O) groups is 1. The number of benzene rings is 2. The summed E-state index contributed by atoms with van der Waals surface area (Å²) in [5.74, 6) is -0.462. The van der Waals surface area contributed by atoms with Crippen LogP contribution >= 0.6 is 0 Å². The van der Waals surface area contributed by atoms with Gasteiger partial charge in [-0.2, -0.15) is 4.31 Å². The fraction of sp³-hybridized carbons (Fsp3) is 0.278. The van der Waals surface area contributed by atoms with Crippen molar-refractivity contribution >= 4 is 15.9 Å². The molecule has 0 radical (unpaired) electrons. The zero-order valence-corrected chi connectivity index (χ0v) is 14.7. The average Bonchev–Trinajstić information content (AvgIpc) is 2.60. The monoisotopic (exact) mass is 360 g/mol. The van der Waals surface area contributed by atoms with Crippen molar-refractivity contribution in [1.82, 2.24) is 9.79 Å². The molecule has 1 N–H and O–H groups in total. The molecular weight excluding hydrogens is 340 g/mol. The average molecular weight is 360 g/mol. The van der Waals surface area contributed by atoms with Crippen LogP contribution in [0.3, 0.4) is 0 Å². The first-order valence-electron chi connectivity index (χ1n) is 7.94. The van der Waals surface area contributed by atoms with Gasteiger partial charge in [0, 0.05) is 6.54 Å². The molecule has 2 aromatic carbocycles. The van der Waals surface area contributed by atoms with Gasteiger partial charge < -0.3 is 0 Å². The molecule has 0 bridgehead atoms. The number of nitrogens with one attached hydrogen (secondary N) is 1. The third-order valence-electron chi connectivity index (χ3n) is 4.19. The van der Waals surface area contributed by atoms with E-state index < -0.39 is 22.0 Å². The minimum absolute atomic E-state index is 0.186. The fourth-order valence-corrected chi connectivity index (χ4v) is 3.91. The highest BCUT2D eigenvalue weighted by atomic mass is 32.2. The fourth-order valence-electron chi connectivity index (χ4n) is 2.90. The molecule has 0 fully saturated rings. The van der Waals surface area contributed by atoms with Crippen LogP contribution in [0.2, 0.25) is 0 Å². The molecule has 0 saturated carbocycles. The van der Waals surface area contributed by atoms with Crippen LogP contribution in [0.15, 0.2) is 54.6 Å². The quantitative estimate of drug-likeness (QED) is 0.822. The molecule has 132 valence electrons. The maximum absolute atomic E-state index is 12.5. The standard InChI is InChI=1S/C18H20N2O4S/c1-25(22,23)20-12-16-10-6-5-9-15(16)11-17(20)18(21)19-24-13-14-7-3-2-4-8-14/h2-10,17H,11-13H2,1H3,(H,19,21)/t17-/m1/s1. The number of hydrogen-bond acceptors (Lipinski definition) is 4. The second-order valence-electron chi connectivity index (χ2n) is 6.04. The molecule has 25 heavy (non-hydrogen) atoms. The first kappa shape index (κ1) is 17.6. The molecule has 0 aliphatic carbocycles. The Labute approximate surface area is 147 Å². The van der Waals surface area contributed by atoms with E-state index in [-0.39, 0.29) is 13.2 Å². The van der Waals surface area contributed by atoms with Gasteiger partial charge in [0.25, 0.3) is 5.91 Å². The van der Waals surface area contributed by atoms with E-state index in [0.717, 1.165) is 22.9 Å². The molecule has 6 nitrogen and oxygen atoms in total. The molecule has 0 unspecified atom stereocenters. The van der Waals surface area contributed by atoms with E-state index in [4.69, 9.17) is 4.84 Å². The summed E-state index contributed by atoms with van der Waals surface area (Å²) in [5.41, 5.74) is 5.20. The first-order chi connectivity index (χ1) is 11.9. The second kappa shape index (κ2) is 7.35. The molecule has 1 heterocycles. The summed E-state index contributed by atoms with van der Waals surface area (Å²) in [7, 11) is -3.52. The number of carbonyl (C=O) groups excluding carboxylic acids is 1. The third kappa shape index (κ3) is 4.25. The lowest BCUT2D eigenvalue weighted by Gasteiger charge is -2.33. The summed E-state index contributed by atoms with van der Waals surface area (Å²) < 4.78 is 25.4. The molecule has 0 saturated heterocycles. The van der Waals surface area contributed by atoms with Crippen molar-refractivity contribution in [2.24, 2.45) is 0 Å². The smallest absolute Gasteiger partial charge is 0.262 e. The summed E-state index contributed by atoms with van der Waals surface area (Å²) in [6.45, 7) is 0.403. The summed E-state index contributed by atoms with van der Waals surface area (Å²) >= 11 is 0. The second-order valence-corrected chi connectivity index (χ2v) is 7.97. The van der Waals surface area contributed by atoms with Crippen LogP contribution in [0, 0.1) is 0 Å². The summed E-state index contributed by atoms with van der Waals surface area (Å²) in [6, 6.07) is 16.1. The van der Waals surface area contributed by atoms with Crippen molar-refractivity contribution in [3.8, 4) is 0 Å². The maximum Gasteiger partial charge on any atom is 0.262 e. The van der Waals surface area contributed by atoms with Crippen LogP contribution in [-0.4, -0.2) is 30.9 Å². The summed E-state index contributed by atoms with van der Waals surface area (Å²) in [4.78, 5) is 17.8. The van der Waals surface area contributed by atoms with Gasteiger partial charge in [-0.15, -0.1) is 0 Å². The van der Waals surface area contributed by atoms with Gasteiger partial charge in [-0.25, -0.2) is 13.9 Å². The Kier molecular flexibility index (Phi) is 5.17. The predicted octanol–water partition coefficient (Wildman–Crippen LogP) is 1.62. The van der Waals surface area contributed by atoms with Crippen LogP contribution in [0.25, 0.3) is 0 Å². The molecule has 7 heteroatoms. The predicted molar refractivity (Wildman–Crippen MR) is 93.7 cm³/mol. The molecule has 0 spiro atoms. The number of rotatable bonds is 5. The molecule has 1 aliphatic heterocycles. The van der Waals surface area contributed by atoms with E-state index in [0.29, 0.717) is 6.42 Å². The topological polar surface area (TPSA) is 75.7 Å². The molecule has 3 rings (SSSR count). The Balaban J connectivity index is 1.71. The van der Waals surface area contributed by atoms with Gasteiger partial charge in [0.2, 0.25) is 10.0 Å². The Hall–Kier alpha value is -2.22. The molecule has 2 aromatic rings. The molecule has 1 atom stereocenters. The highest BCUT2D eigenvalue weighted by Crippen LogP contribution is 2.25. The Bertz CT molecular complexity index is 852. The van der Waals surface area contributed by atoms with E-state index in [9.17, 15) is 13.2 Å². The minimum Gasteiger partial charge on any atom is -0.271 e. The van der Waals surface area contributed by atoms with Gasteiger partial charge in [0.15, 0.2) is 0 Å². The molecule has 0 aromatic heterocycles. The normalized spacial score (nSPS) is 17.7. The van der Waals surface area contributed by atoms with Crippen LogP contribution in [0.1, 0.15) is 16.7 Å². The zero-order valence-electron chi connectivity index (χ0n) is 13.9. The van der Waals surface area contributed by atoms with Crippen molar-refractivity contribution in [3.05, 3.63) is 71.3 Å².